The molecule has 6 heteroatoms. The van der Waals surface area contributed by atoms with Crippen LogP contribution in [0.5, 0.6) is 11.5 Å². The Morgan fingerprint density at radius 3 is 2.47 bits per heavy atom. The van der Waals surface area contributed by atoms with Crippen LogP contribution in [0.1, 0.15) is 21.5 Å². The predicted molar refractivity (Wildman–Crippen MR) is 116 cm³/mol. The number of carbonyl (C=O) groups is 2. The Kier molecular flexibility index (Phi) is 5.66. The van der Waals surface area contributed by atoms with E-state index in [4.69, 9.17) is 4.74 Å². The summed E-state index contributed by atoms with van der Waals surface area (Å²) in [6.45, 7) is 3.63. The number of ether oxygens (including phenoxy) is 1. The number of benzene rings is 3. The topological polar surface area (TPSA) is 70.7 Å². The molecule has 1 aliphatic rings. The molecule has 0 radical (unpaired) electrons. The molecular weight excluding hydrogens is 378 g/mol. The monoisotopic (exact) mass is 401 g/mol. The molecule has 1 saturated heterocycles. The first-order valence-corrected chi connectivity index (χ1v) is 9.86. The van der Waals surface area contributed by atoms with Crippen LogP contribution in [0.3, 0.4) is 0 Å². The molecule has 2 N–H and O–H groups in total. The van der Waals surface area contributed by atoms with E-state index >= 15 is 0 Å². The van der Waals surface area contributed by atoms with Gasteiger partial charge in [-0.2, -0.15) is 0 Å². The summed E-state index contributed by atoms with van der Waals surface area (Å²) in [4.78, 5) is 26.0. The molecule has 152 valence electrons. The average Bonchev–Trinajstić information content (AvgIpc) is 3.20. The second kappa shape index (κ2) is 8.69. The average molecular weight is 401 g/mol. The molecule has 4 rings (SSSR count). The zero-order valence-electron chi connectivity index (χ0n) is 16.7. The van der Waals surface area contributed by atoms with Crippen molar-refractivity contribution < 1.29 is 14.3 Å². The van der Waals surface area contributed by atoms with Crippen LogP contribution < -0.4 is 20.3 Å². The fraction of sp³-hybridized carbons (Fsp3) is 0.167. The molecule has 0 bridgehead atoms. The van der Waals surface area contributed by atoms with E-state index in [2.05, 4.69) is 10.6 Å². The van der Waals surface area contributed by atoms with E-state index in [0.717, 1.165) is 17.0 Å². The number of para-hydroxylation sites is 1. The van der Waals surface area contributed by atoms with E-state index in [1.165, 1.54) is 5.56 Å². The molecule has 0 aromatic heterocycles. The van der Waals surface area contributed by atoms with E-state index in [1.807, 2.05) is 55.5 Å². The lowest BCUT2D eigenvalue weighted by atomic mass is 10.1. The highest BCUT2D eigenvalue weighted by molar-refractivity contribution is 5.97. The number of anilines is 1. The molecule has 6 nitrogen and oxygen atoms in total. The molecule has 3 aromatic rings. The summed E-state index contributed by atoms with van der Waals surface area (Å²) in [6.07, 6.45) is 0. The minimum absolute atomic E-state index is 0.114. The number of hydrogen-bond donors (Lipinski definition) is 2. The van der Waals surface area contributed by atoms with Gasteiger partial charge in [-0.25, -0.2) is 4.79 Å². The Morgan fingerprint density at radius 2 is 1.77 bits per heavy atom. The normalized spacial score (nSPS) is 13.1. The Balaban J connectivity index is 1.40. The van der Waals surface area contributed by atoms with Crippen molar-refractivity contribution in [2.75, 3.05) is 18.0 Å². The van der Waals surface area contributed by atoms with Crippen molar-refractivity contribution in [2.45, 2.75) is 13.5 Å². The largest absolute Gasteiger partial charge is 0.457 e. The van der Waals surface area contributed by atoms with Gasteiger partial charge in [0.2, 0.25) is 0 Å². The van der Waals surface area contributed by atoms with E-state index in [0.29, 0.717) is 30.9 Å². The number of amides is 3. The zero-order valence-corrected chi connectivity index (χ0v) is 16.7. The molecule has 0 saturated carbocycles. The lowest BCUT2D eigenvalue weighted by molar-refractivity contribution is 0.0950. The lowest BCUT2D eigenvalue weighted by Crippen LogP contribution is -2.28. The molecule has 3 amide bonds. The quantitative estimate of drug-likeness (QED) is 0.649. The van der Waals surface area contributed by atoms with E-state index in [9.17, 15) is 9.59 Å². The molecule has 30 heavy (non-hydrogen) atoms. The van der Waals surface area contributed by atoms with Crippen molar-refractivity contribution in [1.82, 2.24) is 10.6 Å². The van der Waals surface area contributed by atoms with Gasteiger partial charge in [-0.05, 0) is 49.4 Å². The number of urea groups is 1. The highest BCUT2D eigenvalue weighted by atomic mass is 16.5. The maximum absolute atomic E-state index is 12.6. The molecule has 1 heterocycles. The number of rotatable bonds is 6. The number of nitrogens with one attached hydrogen (secondary N) is 2. The molecule has 0 atom stereocenters. The number of hydrogen-bond acceptors (Lipinski definition) is 3. The highest BCUT2D eigenvalue weighted by Gasteiger charge is 2.21. The molecule has 1 aliphatic heterocycles. The minimum Gasteiger partial charge on any atom is -0.457 e. The Morgan fingerprint density at radius 1 is 1.03 bits per heavy atom. The van der Waals surface area contributed by atoms with Gasteiger partial charge in [-0.3, -0.25) is 9.69 Å². The van der Waals surface area contributed by atoms with Crippen LogP contribution >= 0.6 is 0 Å². The van der Waals surface area contributed by atoms with Crippen molar-refractivity contribution >= 4 is 17.6 Å². The lowest BCUT2D eigenvalue weighted by Gasteiger charge is -2.15. The van der Waals surface area contributed by atoms with Gasteiger partial charge in [0.05, 0.1) is 0 Å². The van der Waals surface area contributed by atoms with E-state index < -0.39 is 0 Å². The first-order chi connectivity index (χ1) is 14.6. The fourth-order valence-electron chi connectivity index (χ4n) is 3.27. The third-order valence-electron chi connectivity index (χ3n) is 4.96. The number of nitrogens with zero attached hydrogens (tertiary/aromatic N) is 1. The fourth-order valence-corrected chi connectivity index (χ4v) is 3.27. The van der Waals surface area contributed by atoms with Crippen LogP contribution in [0, 0.1) is 6.92 Å². The predicted octanol–water partition coefficient (Wildman–Crippen LogP) is 4.25. The van der Waals surface area contributed by atoms with Gasteiger partial charge in [0.25, 0.3) is 5.91 Å². The standard InChI is InChI=1S/C24H23N3O3/c1-17-6-12-21(13-7-17)30-22-5-3-2-4-19(22)16-26-23(28)18-8-10-20(11-9-18)27-15-14-25-24(27)29/h2-13H,14-16H2,1H3,(H,25,29)(H,26,28). The summed E-state index contributed by atoms with van der Waals surface area (Å²) >= 11 is 0. The summed E-state index contributed by atoms with van der Waals surface area (Å²) < 4.78 is 5.99. The molecule has 0 aliphatic carbocycles. The molecule has 0 spiro atoms. The maximum atomic E-state index is 12.6. The van der Waals surface area contributed by atoms with E-state index in [-0.39, 0.29) is 11.9 Å². The Hall–Kier alpha value is -3.80. The van der Waals surface area contributed by atoms with Gasteiger partial charge in [0.15, 0.2) is 0 Å². The first kappa shape index (κ1) is 19.5. The van der Waals surface area contributed by atoms with Crippen LogP contribution in [0.2, 0.25) is 0 Å². The van der Waals surface area contributed by atoms with Gasteiger partial charge >= 0.3 is 6.03 Å². The van der Waals surface area contributed by atoms with Crippen LogP contribution in [-0.2, 0) is 6.54 Å². The van der Waals surface area contributed by atoms with Crippen LogP contribution in [0.15, 0.2) is 72.8 Å². The first-order valence-electron chi connectivity index (χ1n) is 9.86. The zero-order chi connectivity index (χ0) is 20.9. The van der Waals surface area contributed by atoms with Gasteiger partial charge in [0.1, 0.15) is 11.5 Å². The number of aryl methyl sites for hydroxylation is 1. The van der Waals surface area contributed by atoms with Crippen molar-refractivity contribution in [3.63, 3.8) is 0 Å². The van der Waals surface area contributed by atoms with Crippen molar-refractivity contribution in [3.05, 3.63) is 89.5 Å². The number of carbonyl (C=O) groups excluding carboxylic acids is 2. The molecule has 0 unspecified atom stereocenters. The van der Waals surface area contributed by atoms with Gasteiger partial charge < -0.3 is 15.4 Å². The van der Waals surface area contributed by atoms with E-state index in [1.54, 1.807) is 29.2 Å². The minimum atomic E-state index is -0.183. The Bertz CT molecular complexity index is 1050. The van der Waals surface area contributed by atoms with Crippen molar-refractivity contribution in [2.24, 2.45) is 0 Å². The van der Waals surface area contributed by atoms with Crippen LogP contribution in [-0.4, -0.2) is 25.0 Å². The third kappa shape index (κ3) is 4.43. The molecule has 3 aromatic carbocycles. The summed E-state index contributed by atoms with van der Waals surface area (Å²) in [5.74, 6) is 1.27. The SMILES string of the molecule is Cc1ccc(Oc2ccccc2CNC(=O)c2ccc(N3CCNC3=O)cc2)cc1. The molecule has 1 fully saturated rings. The van der Waals surface area contributed by atoms with Gasteiger partial charge in [0, 0.05) is 36.4 Å². The van der Waals surface area contributed by atoms with Gasteiger partial charge in [-0.1, -0.05) is 35.9 Å². The summed E-state index contributed by atoms with van der Waals surface area (Å²) in [7, 11) is 0. The van der Waals surface area contributed by atoms with Crippen molar-refractivity contribution in [3.8, 4) is 11.5 Å². The van der Waals surface area contributed by atoms with Crippen LogP contribution in [0.25, 0.3) is 0 Å². The highest BCUT2D eigenvalue weighted by Crippen LogP contribution is 2.25. The second-order valence-corrected chi connectivity index (χ2v) is 7.14. The Labute approximate surface area is 175 Å². The summed E-state index contributed by atoms with van der Waals surface area (Å²) in [5.41, 5.74) is 3.37. The second-order valence-electron chi connectivity index (χ2n) is 7.14. The van der Waals surface area contributed by atoms with Crippen molar-refractivity contribution in [1.29, 1.82) is 0 Å². The molecular formula is C24H23N3O3. The smallest absolute Gasteiger partial charge is 0.321 e. The van der Waals surface area contributed by atoms with Crippen LogP contribution in [0.4, 0.5) is 10.5 Å². The third-order valence-corrected chi connectivity index (χ3v) is 4.96. The maximum Gasteiger partial charge on any atom is 0.321 e. The van der Waals surface area contributed by atoms with Gasteiger partial charge in [-0.15, -0.1) is 0 Å². The summed E-state index contributed by atoms with van der Waals surface area (Å²) in [6, 6.07) is 22.4. The summed E-state index contributed by atoms with van der Waals surface area (Å²) in [5, 5.41) is 5.70.